The van der Waals surface area contributed by atoms with E-state index in [1.807, 2.05) is 0 Å². The zero-order valence-electron chi connectivity index (χ0n) is 8.82. The SMILES string of the molecule is CC(C)(Br)C(=O)OCCCCCCBr. The molecule has 0 spiro atoms. The molecule has 0 aromatic heterocycles. The second kappa shape index (κ2) is 7.69. The first-order chi connectivity index (χ1) is 6.48. The highest BCUT2D eigenvalue weighted by atomic mass is 79.9. The van der Waals surface area contributed by atoms with Crippen molar-refractivity contribution in [2.45, 2.75) is 43.9 Å². The van der Waals surface area contributed by atoms with Crippen molar-refractivity contribution in [1.29, 1.82) is 0 Å². The normalized spacial score (nSPS) is 11.4. The van der Waals surface area contributed by atoms with Gasteiger partial charge in [-0.2, -0.15) is 0 Å². The Morgan fingerprint density at radius 3 is 2.29 bits per heavy atom. The predicted octanol–water partition coefficient (Wildman–Crippen LogP) is 3.66. The maximum Gasteiger partial charge on any atom is 0.322 e. The largest absolute Gasteiger partial charge is 0.465 e. The van der Waals surface area contributed by atoms with Crippen LogP contribution in [0.5, 0.6) is 0 Å². The molecule has 0 atom stereocenters. The number of hydrogen-bond donors (Lipinski definition) is 0. The summed E-state index contributed by atoms with van der Waals surface area (Å²) in [6.45, 7) is 4.12. The van der Waals surface area contributed by atoms with Gasteiger partial charge in [0.2, 0.25) is 0 Å². The van der Waals surface area contributed by atoms with Gasteiger partial charge in [-0.15, -0.1) is 0 Å². The van der Waals surface area contributed by atoms with Crippen molar-refractivity contribution in [2.75, 3.05) is 11.9 Å². The molecule has 0 heterocycles. The molecule has 0 rings (SSSR count). The van der Waals surface area contributed by atoms with Gasteiger partial charge < -0.3 is 4.74 Å². The van der Waals surface area contributed by atoms with Crippen LogP contribution < -0.4 is 0 Å². The number of unbranched alkanes of at least 4 members (excludes halogenated alkanes) is 3. The average molecular weight is 330 g/mol. The van der Waals surface area contributed by atoms with Crippen molar-refractivity contribution < 1.29 is 9.53 Å². The number of hydrogen-bond acceptors (Lipinski definition) is 2. The Labute approximate surface area is 103 Å². The van der Waals surface area contributed by atoms with E-state index in [0.717, 1.165) is 18.2 Å². The van der Waals surface area contributed by atoms with E-state index in [-0.39, 0.29) is 5.97 Å². The summed E-state index contributed by atoms with van der Waals surface area (Å²) in [5.74, 6) is -0.182. The number of rotatable bonds is 7. The van der Waals surface area contributed by atoms with E-state index in [4.69, 9.17) is 4.74 Å². The molecule has 0 radical (unpaired) electrons. The molecule has 0 aliphatic rings. The quantitative estimate of drug-likeness (QED) is 0.405. The third-order valence-corrected chi connectivity index (χ3v) is 2.63. The minimum atomic E-state index is -0.553. The first kappa shape index (κ1) is 14.4. The zero-order valence-corrected chi connectivity index (χ0v) is 12.0. The zero-order chi connectivity index (χ0) is 11.0. The lowest BCUT2D eigenvalue weighted by atomic mass is 10.2. The Morgan fingerprint density at radius 2 is 1.79 bits per heavy atom. The van der Waals surface area contributed by atoms with Crippen molar-refractivity contribution in [3.63, 3.8) is 0 Å². The number of ether oxygens (including phenoxy) is 1. The van der Waals surface area contributed by atoms with E-state index in [0.29, 0.717) is 6.61 Å². The molecule has 0 saturated heterocycles. The van der Waals surface area contributed by atoms with Crippen LogP contribution >= 0.6 is 31.9 Å². The van der Waals surface area contributed by atoms with E-state index < -0.39 is 4.32 Å². The van der Waals surface area contributed by atoms with Crippen molar-refractivity contribution in [2.24, 2.45) is 0 Å². The van der Waals surface area contributed by atoms with Crippen LogP contribution in [0.4, 0.5) is 0 Å². The van der Waals surface area contributed by atoms with Crippen LogP contribution in [0.15, 0.2) is 0 Å². The lowest BCUT2D eigenvalue weighted by Crippen LogP contribution is -2.26. The number of alkyl halides is 2. The summed E-state index contributed by atoms with van der Waals surface area (Å²) >= 11 is 6.63. The van der Waals surface area contributed by atoms with Gasteiger partial charge in [0.15, 0.2) is 0 Å². The highest BCUT2D eigenvalue weighted by Crippen LogP contribution is 2.17. The molecule has 0 bridgehead atoms. The van der Waals surface area contributed by atoms with Gasteiger partial charge in [-0.25, -0.2) is 0 Å². The summed E-state index contributed by atoms with van der Waals surface area (Å²) < 4.78 is 4.54. The lowest BCUT2D eigenvalue weighted by Gasteiger charge is -2.14. The molecular weight excluding hydrogens is 312 g/mol. The summed E-state index contributed by atoms with van der Waals surface area (Å²) in [5.41, 5.74) is 0. The second-order valence-corrected chi connectivity index (χ2v) is 6.49. The molecule has 4 heteroatoms. The van der Waals surface area contributed by atoms with Crippen LogP contribution in [0.3, 0.4) is 0 Å². The van der Waals surface area contributed by atoms with Crippen LogP contribution in [0, 0.1) is 0 Å². The first-order valence-electron chi connectivity index (χ1n) is 4.90. The van der Waals surface area contributed by atoms with Gasteiger partial charge in [0, 0.05) is 5.33 Å². The van der Waals surface area contributed by atoms with Crippen LogP contribution in [-0.2, 0) is 9.53 Å². The van der Waals surface area contributed by atoms with Gasteiger partial charge in [-0.05, 0) is 26.7 Å². The van der Waals surface area contributed by atoms with Gasteiger partial charge in [-0.3, -0.25) is 4.79 Å². The molecule has 0 saturated carbocycles. The molecule has 0 aliphatic carbocycles. The summed E-state index contributed by atoms with van der Waals surface area (Å²) in [7, 11) is 0. The average Bonchev–Trinajstić information content (AvgIpc) is 2.09. The Kier molecular flexibility index (Phi) is 7.92. The minimum Gasteiger partial charge on any atom is -0.465 e. The van der Waals surface area contributed by atoms with Gasteiger partial charge in [0.1, 0.15) is 4.32 Å². The fourth-order valence-corrected chi connectivity index (χ4v) is 1.40. The molecule has 14 heavy (non-hydrogen) atoms. The summed E-state index contributed by atoms with van der Waals surface area (Å²) in [6, 6.07) is 0. The Hall–Kier alpha value is 0.430. The van der Waals surface area contributed by atoms with E-state index in [2.05, 4.69) is 31.9 Å². The highest BCUT2D eigenvalue weighted by Gasteiger charge is 2.24. The fourth-order valence-electron chi connectivity index (χ4n) is 0.887. The third kappa shape index (κ3) is 7.80. The molecule has 2 nitrogen and oxygen atoms in total. The van der Waals surface area contributed by atoms with E-state index in [1.54, 1.807) is 13.8 Å². The Bertz CT molecular complexity index is 164. The number of carbonyl (C=O) groups excluding carboxylic acids is 1. The van der Waals surface area contributed by atoms with E-state index in [1.165, 1.54) is 12.8 Å². The molecular formula is C10H18Br2O2. The molecule has 0 unspecified atom stereocenters. The second-order valence-electron chi connectivity index (χ2n) is 3.71. The van der Waals surface area contributed by atoms with Gasteiger partial charge in [0.25, 0.3) is 0 Å². The van der Waals surface area contributed by atoms with Crippen LogP contribution in [0.25, 0.3) is 0 Å². The van der Waals surface area contributed by atoms with Crippen molar-refractivity contribution >= 4 is 37.8 Å². The van der Waals surface area contributed by atoms with Gasteiger partial charge in [-0.1, -0.05) is 44.7 Å². The summed E-state index contributed by atoms with van der Waals surface area (Å²) in [6.07, 6.45) is 4.47. The lowest BCUT2D eigenvalue weighted by molar-refractivity contribution is -0.145. The van der Waals surface area contributed by atoms with Crippen LogP contribution in [0.2, 0.25) is 0 Å². The maximum absolute atomic E-state index is 11.3. The molecule has 0 amide bonds. The smallest absolute Gasteiger partial charge is 0.322 e. The fraction of sp³-hybridized carbons (Fsp3) is 0.900. The van der Waals surface area contributed by atoms with E-state index >= 15 is 0 Å². The Balaban J connectivity index is 3.33. The topological polar surface area (TPSA) is 26.3 Å². The minimum absolute atomic E-state index is 0.182. The maximum atomic E-state index is 11.3. The van der Waals surface area contributed by atoms with Crippen molar-refractivity contribution in [3.05, 3.63) is 0 Å². The first-order valence-corrected chi connectivity index (χ1v) is 6.82. The highest BCUT2D eigenvalue weighted by molar-refractivity contribution is 9.10. The molecule has 0 N–H and O–H groups in total. The Morgan fingerprint density at radius 1 is 1.21 bits per heavy atom. The van der Waals surface area contributed by atoms with Crippen LogP contribution in [0.1, 0.15) is 39.5 Å². The molecule has 84 valence electrons. The predicted molar refractivity (Wildman–Crippen MR) is 66.2 cm³/mol. The van der Waals surface area contributed by atoms with Gasteiger partial charge in [0.05, 0.1) is 6.61 Å². The number of carbonyl (C=O) groups is 1. The summed E-state index contributed by atoms with van der Waals surface area (Å²) in [4.78, 5) is 11.3. The monoisotopic (exact) mass is 328 g/mol. The number of esters is 1. The standard InChI is InChI=1S/C10H18Br2O2/c1-10(2,12)9(13)14-8-6-4-3-5-7-11/h3-8H2,1-2H3. The third-order valence-electron chi connectivity index (χ3n) is 1.75. The van der Waals surface area contributed by atoms with Crippen molar-refractivity contribution in [1.82, 2.24) is 0 Å². The number of halogens is 2. The summed E-state index contributed by atoms with van der Waals surface area (Å²) in [5, 5.41) is 1.06. The molecule has 0 fully saturated rings. The molecule has 0 aliphatic heterocycles. The molecule has 0 aromatic carbocycles. The van der Waals surface area contributed by atoms with Gasteiger partial charge >= 0.3 is 5.97 Å². The molecule has 0 aromatic rings. The van der Waals surface area contributed by atoms with Crippen LogP contribution in [-0.4, -0.2) is 22.2 Å². The van der Waals surface area contributed by atoms with E-state index in [9.17, 15) is 4.79 Å². The van der Waals surface area contributed by atoms with Crippen molar-refractivity contribution in [3.8, 4) is 0 Å².